The van der Waals surface area contributed by atoms with E-state index in [0.717, 1.165) is 18.0 Å². The second-order valence-corrected chi connectivity index (χ2v) is 2.41. The molecule has 10 heavy (non-hydrogen) atoms. The molecule has 0 heterocycles. The number of rotatable bonds is 4. The Morgan fingerprint density at radius 2 is 2.20 bits per heavy atom. The van der Waals surface area contributed by atoms with Gasteiger partial charge in [0.25, 0.3) is 0 Å². The minimum absolute atomic E-state index is 0.913. The summed E-state index contributed by atoms with van der Waals surface area (Å²) < 4.78 is 0. The zero-order valence-electron chi connectivity index (χ0n) is 6.65. The van der Waals surface area contributed by atoms with Gasteiger partial charge in [0.15, 0.2) is 0 Å². The lowest BCUT2D eigenvalue weighted by molar-refractivity contribution is 0.888. The van der Waals surface area contributed by atoms with Crippen molar-refractivity contribution in [2.45, 2.75) is 20.3 Å². The van der Waals surface area contributed by atoms with Gasteiger partial charge < -0.3 is 5.32 Å². The lowest BCUT2D eigenvalue weighted by atomic mass is 10.2. The highest BCUT2D eigenvalue weighted by atomic mass is 32.1. The van der Waals surface area contributed by atoms with Gasteiger partial charge in [-0.15, -0.1) is 12.6 Å². The molecule has 0 unspecified atom stereocenters. The molecule has 0 spiro atoms. The molecular formula is C8H15NS. The Bertz CT molecular complexity index is 138. The quantitative estimate of drug-likeness (QED) is 0.471. The van der Waals surface area contributed by atoms with Crippen LogP contribution in [0.1, 0.15) is 20.3 Å². The SMILES string of the molecule is C=C/C(CC)=C(\S)NCC. The van der Waals surface area contributed by atoms with E-state index >= 15 is 0 Å². The van der Waals surface area contributed by atoms with E-state index in [4.69, 9.17) is 0 Å². The van der Waals surface area contributed by atoms with Crippen LogP contribution in [0, 0.1) is 0 Å². The average molecular weight is 157 g/mol. The molecule has 0 saturated heterocycles. The molecule has 58 valence electrons. The normalized spacial score (nSPS) is 12.3. The maximum Gasteiger partial charge on any atom is 0.0682 e. The molecule has 0 aliphatic rings. The van der Waals surface area contributed by atoms with Crippen molar-refractivity contribution in [2.24, 2.45) is 0 Å². The van der Waals surface area contributed by atoms with Crippen molar-refractivity contribution in [1.29, 1.82) is 0 Å². The van der Waals surface area contributed by atoms with E-state index in [1.54, 1.807) is 0 Å². The Kier molecular flexibility index (Phi) is 5.22. The van der Waals surface area contributed by atoms with E-state index in [0.29, 0.717) is 0 Å². The summed E-state index contributed by atoms with van der Waals surface area (Å²) in [4.78, 5) is 0. The second kappa shape index (κ2) is 5.42. The molecule has 0 atom stereocenters. The first-order chi connectivity index (χ1) is 4.76. The van der Waals surface area contributed by atoms with Crippen molar-refractivity contribution in [1.82, 2.24) is 5.32 Å². The molecule has 1 N–H and O–H groups in total. The van der Waals surface area contributed by atoms with Crippen LogP contribution in [0.2, 0.25) is 0 Å². The third kappa shape index (κ3) is 2.97. The molecule has 0 aromatic rings. The van der Waals surface area contributed by atoms with Crippen LogP contribution in [0.15, 0.2) is 23.3 Å². The molecule has 0 rings (SSSR count). The first-order valence-corrected chi connectivity index (χ1v) is 3.99. The lowest BCUT2D eigenvalue weighted by Gasteiger charge is -2.05. The minimum Gasteiger partial charge on any atom is -0.380 e. The summed E-state index contributed by atoms with van der Waals surface area (Å²) in [7, 11) is 0. The van der Waals surface area contributed by atoms with Gasteiger partial charge in [0.2, 0.25) is 0 Å². The Morgan fingerprint density at radius 3 is 2.50 bits per heavy atom. The monoisotopic (exact) mass is 157 g/mol. The van der Waals surface area contributed by atoms with E-state index in [-0.39, 0.29) is 0 Å². The van der Waals surface area contributed by atoms with Crippen LogP contribution in [-0.2, 0) is 0 Å². The zero-order chi connectivity index (χ0) is 7.98. The molecule has 0 bridgehead atoms. The van der Waals surface area contributed by atoms with Gasteiger partial charge in [0, 0.05) is 6.54 Å². The Hall–Kier alpha value is -0.370. The maximum absolute atomic E-state index is 4.26. The van der Waals surface area contributed by atoms with Gasteiger partial charge in [0.1, 0.15) is 0 Å². The molecule has 0 fully saturated rings. The molecule has 0 saturated carbocycles. The number of nitrogens with one attached hydrogen (secondary N) is 1. The molecule has 0 radical (unpaired) electrons. The summed E-state index contributed by atoms with van der Waals surface area (Å²) >= 11 is 4.26. The largest absolute Gasteiger partial charge is 0.380 e. The van der Waals surface area contributed by atoms with Crippen LogP contribution in [0.25, 0.3) is 0 Å². The fraction of sp³-hybridized carbons (Fsp3) is 0.500. The molecule has 0 aliphatic carbocycles. The fourth-order valence-corrected chi connectivity index (χ4v) is 1.10. The molecule has 2 heteroatoms. The third-order valence-corrected chi connectivity index (χ3v) is 1.72. The smallest absolute Gasteiger partial charge is 0.0682 e. The number of hydrogen-bond donors (Lipinski definition) is 2. The van der Waals surface area contributed by atoms with Crippen molar-refractivity contribution in [3.8, 4) is 0 Å². The summed E-state index contributed by atoms with van der Waals surface area (Å²) in [5.74, 6) is 0. The molecule has 1 nitrogen and oxygen atoms in total. The van der Waals surface area contributed by atoms with Gasteiger partial charge in [-0.1, -0.05) is 19.6 Å². The van der Waals surface area contributed by atoms with Crippen molar-refractivity contribution in [3.05, 3.63) is 23.3 Å². The summed E-state index contributed by atoms with van der Waals surface area (Å²) in [6.07, 6.45) is 2.82. The van der Waals surface area contributed by atoms with Crippen LogP contribution in [0.3, 0.4) is 0 Å². The minimum atomic E-state index is 0.913. The van der Waals surface area contributed by atoms with E-state index in [1.807, 2.05) is 13.0 Å². The van der Waals surface area contributed by atoms with Crippen LogP contribution in [0.5, 0.6) is 0 Å². The van der Waals surface area contributed by atoms with Gasteiger partial charge >= 0.3 is 0 Å². The zero-order valence-corrected chi connectivity index (χ0v) is 7.54. The summed E-state index contributed by atoms with van der Waals surface area (Å²) in [6, 6.07) is 0. The predicted molar refractivity (Wildman–Crippen MR) is 50.2 cm³/mol. The van der Waals surface area contributed by atoms with Crippen molar-refractivity contribution >= 4 is 12.6 Å². The highest BCUT2D eigenvalue weighted by Crippen LogP contribution is 2.09. The van der Waals surface area contributed by atoms with E-state index < -0.39 is 0 Å². The fourth-order valence-electron chi connectivity index (χ4n) is 0.689. The van der Waals surface area contributed by atoms with Crippen LogP contribution >= 0.6 is 12.6 Å². The molecule has 0 aromatic carbocycles. The van der Waals surface area contributed by atoms with Crippen molar-refractivity contribution in [2.75, 3.05) is 6.54 Å². The molecule has 0 amide bonds. The average Bonchev–Trinajstić information content (AvgIpc) is 1.91. The van der Waals surface area contributed by atoms with Gasteiger partial charge in [-0.05, 0) is 18.9 Å². The van der Waals surface area contributed by atoms with E-state index in [1.165, 1.54) is 5.57 Å². The number of thiol groups is 1. The van der Waals surface area contributed by atoms with Crippen LogP contribution in [-0.4, -0.2) is 6.54 Å². The van der Waals surface area contributed by atoms with Crippen LogP contribution < -0.4 is 5.32 Å². The third-order valence-electron chi connectivity index (χ3n) is 1.28. The van der Waals surface area contributed by atoms with Crippen LogP contribution in [0.4, 0.5) is 0 Å². The Balaban J connectivity index is 4.12. The predicted octanol–water partition coefficient (Wildman–Crippen LogP) is 2.33. The van der Waals surface area contributed by atoms with E-state index in [9.17, 15) is 0 Å². The lowest BCUT2D eigenvalue weighted by Crippen LogP contribution is -2.09. The van der Waals surface area contributed by atoms with Gasteiger partial charge in [-0.3, -0.25) is 0 Å². The number of allylic oxidation sites excluding steroid dienone is 2. The highest BCUT2D eigenvalue weighted by molar-refractivity contribution is 7.84. The molecular weight excluding hydrogens is 142 g/mol. The topological polar surface area (TPSA) is 12.0 Å². The highest BCUT2D eigenvalue weighted by Gasteiger charge is 1.93. The molecule has 0 aromatic heterocycles. The Morgan fingerprint density at radius 1 is 1.60 bits per heavy atom. The summed E-state index contributed by atoms with van der Waals surface area (Å²) in [6.45, 7) is 8.74. The second-order valence-electron chi connectivity index (χ2n) is 1.96. The molecule has 0 aliphatic heterocycles. The first-order valence-electron chi connectivity index (χ1n) is 3.54. The Labute approximate surface area is 68.6 Å². The van der Waals surface area contributed by atoms with Gasteiger partial charge in [-0.25, -0.2) is 0 Å². The van der Waals surface area contributed by atoms with Gasteiger partial charge in [0.05, 0.1) is 5.03 Å². The summed E-state index contributed by atoms with van der Waals surface area (Å²) in [5.41, 5.74) is 1.17. The summed E-state index contributed by atoms with van der Waals surface area (Å²) in [5, 5.41) is 4.06. The maximum atomic E-state index is 4.26. The number of hydrogen-bond acceptors (Lipinski definition) is 2. The van der Waals surface area contributed by atoms with Crippen molar-refractivity contribution in [3.63, 3.8) is 0 Å². The van der Waals surface area contributed by atoms with Gasteiger partial charge in [-0.2, -0.15) is 0 Å². The van der Waals surface area contributed by atoms with E-state index in [2.05, 4.69) is 31.4 Å². The standard InChI is InChI=1S/C8H15NS/c1-4-7(5-2)8(10)9-6-3/h4,9-10H,1,5-6H2,2-3H3/b8-7+. The van der Waals surface area contributed by atoms with Crippen molar-refractivity contribution < 1.29 is 0 Å². The first kappa shape index (κ1) is 9.63.